The minimum Gasteiger partial charge on any atom is -0.393 e. The van der Waals surface area contributed by atoms with Crippen LogP contribution in [-0.4, -0.2) is 56.1 Å². The van der Waals surface area contributed by atoms with E-state index in [0.29, 0.717) is 18.8 Å². The number of likely N-dealkylation sites (tertiary alicyclic amines) is 1. The van der Waals surface area contributed by atoms with Crippen LogP contribution in [0.3, 0.4) is 0 Å². The van der Waals surface area contributed by atoms with Gasteiger partial charge >= 0.3 is 0 Å². The molecule has 1 unspecified atom stereocenters. The van der Waals surface area contributed by atoms with Crippen LogP contribution in [0.15, 0.2) is 16.7 Å². The Morgan fingerprint density at radius 3 is 2.77 bits per heavy atom. The van der Waals surface area contributed by atoms with E-state index in [2.05, 4.69) is 20.5 Å². The lowest BCUT2D eigenvalue weighted by atomic mass is 10.1. The van der Waals surface area contributed by atoms with E-state index in [-0.39, 0.29) is 23.7 Å². The number of carbonyl (C=O) groups excluding carboxylic acids is 1. The molecule has 26 heavy (non-hydrogen) atoms. The normalized spacial score (nSPS) is 17.4. The highest BCUT2D eigenvalue weighted by molar-refractivity contribution is 5.92. The largest absolute Gasteiger partial charge is 0.393 e. The summed E-state index contributed by atoms with van der Waals surface area (Å²) in [7, 11) is 0. The van der Waals surface area contributed by atoms with Gasteiger partial charge in [-0.1, -0.05) is 5.16 Å². The van der Waals surface area contributed by atoms with E-state index in [9.17, 15) is 9.90 Å². The predicted octanol–water partition coefficient (Wildman–Crippen LogP) is 1.26. The third-order valence-electron chi connectivity index (χ3n) is 4.66. The SMILES string of the molecule is Cc1cc(C)n(CC(C)NC(=O)c2cc(CN3CCC(O)CC3)on2)n1. The Bertz CT molecular complexity index is 746. The Hall–Kier alpha value is -2.19. The Balaban J connectivity index is 1.51. The molecule has 0 saturated carbocycles. The molecule has 8 nitrogen and oxygen atoms in total. The number of aryl methyl sites for hydroxylation is 2. The van der Waals surface area contributed by atoms with Crippen molar-refractivity contribution >= 4 is 5.91 Å². The fraction of sp³-hybridized carbons (Fsp3) is 0.611. The van der Waals surface area contributed by atoms with Gasteiger partial charge in [-0.25, -0.2) is 0 Å². The summed E-state index contributed by atoms with van der Waals surface area (Å²) in [6, 6.07) is 3.62. The first-order valence-corrected chi connectivity index (χ1v) is 9.08. The number of aliphatic hydroxyl groups is 1. The number of amides is 1. The molecule has 1 saturated heterocycles. The molecular formula is C18H27N5O3. The highest BCUT2D eigenvalue weighted by atomic mass is 16.5. The molecule has 1 aliphatic heterocycles. The molecule has 0 bridgehead atoms. The molecule has 2 N–H and O–H groups in total. The second-order valence-corrected chi connectivity index (χ2v) is 7.17. The lowest BCUT2D eigenvalue weighted by Gasteiger charge is -2.28. The molecule has 3 heterocycles. The molecule has 3 rings (SSSR count). The van der Waals surface area contributed by atoms with E-state index >= 15 is 0 Å². The molecule has 1 fully saturated rings. The Labute approximate surface area is 153 Å². The second kappa shape index (κ2) is 8.01. The van der Waals surface area contributed by atoms with Crippen molar-refractivity contribution in [1.29, 1.82) is 0 Å². The quantitative estimate of drug-likeness (QED) is 0.804. The molecular weight excluding hydrogens is 334 g/mol. The number of aliphatic hydroxyl groups excluding tert-OH is 1. The minimum atomic E-state index is -0.247. The van der Waals surface area contributed by atoms with E-state index in [0.717, 1.165) is 37.3 Å². The zero-order chi connectivity index (χ0) is 18.7. The Morgan fingerprint density at radius 2 is 2.12 bits per heavy atom. The lowest BCUT2D eigenvalue weighted by molar-refractivity contribution is 0.0748. The zero-order valence-corrected chi connectivity index (χ0v) is 15.6. The van der Waals surface area contributed by atoms with Crippen molar-refractivity contribution in [3.8, 4) is 0 Å². The Kier molecular flexibility index (Phi) is 5.73. The van der Waals surface area contributed by atoms with Gasteiger partial charge in [0.1, 0.15) is 0 Å². The second-order valence-electron chi connectivity index (χ2n) is 7.17. The number of hydrogen-bond acceptors (Lipinski definition) is 6. The van der Waals surface area contributed by atoms with Gasteiger partial charge in [-0.15, -0.1) is 0 Å². The van der Waals surface area contributed by atoms with E-state index in [4.69, 9.17) is 4.52 Å². The topological polar surface area (TPSA) is 96.4 Å². The van der Waals surface area contributed by atoms with Gasteiger partial charge in [0.2, 0.25) is 0 Å². The molecule has 0 aliphatic carbocycles. The number of nitrogens with zero attached hydrogens (tertiary/aromatic N) is 4. The van der Waals surface area contributed by atoms with Gasteiger partial charge < -0.3 is 14.9 Å². The minimum absolute atomic E-state index is 0.0794. The monoisotopic (exact) mass is 361 g/mol. The van der Waals surface area contributed by atoms with Crippen molar-refractivity contribution in [2.24, 2.45) is 0 Å². The van der Waals surface area contributed by atoms with Gasteiger partial charge in [-0.3, -0.25) is 14.4 Å². The Morgan fingerprint density at radius 1 is 1.38 bits per heavy atom. The first kappa shape index (κ1) is 18.6. The molecule has 1 amide bonds. The summed E-state index contributed by atoms with van der Waals surface area (Å²) < 4.78 is 7.19. The maximum Gasteiger partial charge on any atom is 0.273 e. The van der Waals surface area contributed by atoms with Crippen LogP contribution in [0.4, 0.5) is 0 Å². The van der Waals surface area contributed by atoms with Crippen LogP contribution < -0.4 is 5.32 Å². The average molecular weight is 361 g/mol. The van der Waals surface area contributed by atoms with Crippen LogP contribution in [0.5, 0.6) is 0 Å². The highest BCUT2D eigenvalue weighted by Crippen LogP contribution is 2.14. The lowest BCUT2D eigenvalue weighted by Crippen LogP contribution is -2.36. The number of piperidine rings is 1. The predicted molar refractivity (Wildman–Crippen MR) is 95.7 cm³/mol. The summed E-state index contributed by atoms with van der Waals surface area (Å²) >= 11 is 0. The van der Waals surface area contributed by atoms with E-state index in [1.165, 1.54) is 0 Å². The standard InChI is InChI=1S/C18H27N5O3/c1-12-8-14(3)23(20-12)10-13(2)19-18(25)17-9-16(26-21-17)11-22-6-4-15(24)5-7-22/h8-9,13,15,24H,4-7,10-11H2,1-3H3,(H,19,25). The maximum absolute atomic E-state index is 12.4. The highest BCUT2D eigenvalue weighted by Gasteiger charge is 2.20. The van der Waals surface area contributed by atoms with Crippen LogP contribution >= 0.6 is 0 Å². The molecule has 2 aromatic heterocycles. The molecule has 1 atom stereocenters. The van der Waals surface area contributed by atoms with Crippen LogP contribution in [0.25, 0.3) is 0 Å². The van der Waals surface area contributed by atoms with E-state index < -0.39 is 0 Å². The van der Waals surface area contributed by atoms with Crippen LogP contribution in [0, 0.1) is 13.8 Å². The van der Waals surface area contributed by atoms with Crippen molar-refractivity contribution in [2.75, 3.05) is 13.1 Å². The fourth-order valence-electron chi connectivity index (χ4n) is 3.25. The summed E-state index contributed by atoms with van der Waals surface area (Å²) in [4.78, 5) is 14.6. The van der Waals surface area contributed by atoms with Crippen molar-refractivity contribution < 1.29 is 14.4 Å². The van der Waals surface area contributed by atoms with E-state index in [1.807, 2.05) is 31.5 Å². The summed E-state index contributed by atoms with van der Waals surface area (Å²) in [6.07, 6.45) is 1.34. The van der Waals surface area contributed by atoms with Crippen LogP contribution in [0.2, 0.25) is 0 Å². The number of carbonyl (C=O) groups is 1. The molecule has 0 spiro atoms. The molecule has 142 valence electrons. The molecule has 0 radical (unpaired) electrons. The summed E-state index contributed by atoms with van der Waals surface area (Å²) in [5, 5.41) is 20.8. The number of aromatic nitrogens is 3. The molecule has 2 aromatic rings. The first-order valence-electron chi connectivity index (χ1n) is 9.08. The molecule has 1 aliphatic rings. The number of rotatable bonds is 6. The third-order valence-corrected chi connectivity index (χ3v) is 4.66. The summed E-state index contributed by atoms with van der Waals surface area (Å²) in [5.41, 5.74) is 2.32. The van der Waals surface area contributed by atoms with E-state index in [1.54, 1.807) is 6.07 Å². The van der Waals surface area contributed by atoms with Gasteiger partial charge in [0.05, 0.1) is 24.9 Å². The first-order chi connectivity index (χ1) is 12.4. The van der Waals surface area contributed by atoms with Gasteiger partial charge in [-0.05, 0) is 39.7 Å². The smallest absolute Gasteiger partial charge is 0.273 e. The molecule has 0 aromatic carbocycles. The van der Waals surface area contributed by atoms with Gasteiger partial charge in [0.15, 0.2) is 11.5 Å². The zero-order valence-electron chi connectivity index (χ0n) is 15.6. The third kappa shape index (κ3) is 4.70. The van der Waals surface area contributed by atoms with Crippen molar-refractivity contribution in [3.05, 3.63) is 35.0 Å². The van der Waals surface area contributed by atoms with Crippen LogP contribution in [-0.2, 0) is 13.1 Å². The van der Waals surface area contributed by atoms with Crippen LogP contribution in [0.1, 0.15) is 47.4 Å². The summed E-state index contributed by atoms with van der Waals surface area (Å²) in [5.74, 6) is 0.417. The van der Waals surface area contributed by atoms with Crippen molar-refractivity contribution in [3.63, 3.8) is 0 Å². The number of nitrogens with one attached hydrogen (secondary N) is 1. The maximum atomic E-state index is 12.4. The fourth-order valence-corrected chi connectivity index (χ4v) is 3.25. The molecule has 8 heteroatoms. The van der Waals surface area contributed by atoms with Crippen molar-refractivity contribution in [2.45, 2.75) is 58.8 Å². The summed E-state index contributed by atoms with van der Waals surface area (Å²) in [6.45, 7) is 8.74. The van der Waals surface area contributed by atoms with Gasteiger partial charge in [-0.2, -0.15) is 5.10 Å². The van der Waals surface area contributed by atoms with Crippen molar-refractivity contribution in [1.82, 2.24) is 25.2 Å². The van der Waals surface area contributed by atoms with Gasteiger partial charge in [0.25, 0.3) is 5.91 Å². The average Bonchev–Trinajstić information content (AvgIpc) is 3.16. The van der Waals surface area contributed by atoms with Gasteiger partial charge in [0, 0.05) is 30.9 Å². The number of hydrogen-bond donors (Lipinski definition) is 2.